The zero-order chi connectivity index (χ0) is 29.3. The lowest BCUT2D eigenvalue weighted by atomic mass is 10.1. The normalized spacial score (nSPS) is 31.9. The van der Waals surface area contributed by atoms with Gasteiger partial charge in [0.2, 0.25) is 0 Å². The Hall–Kier alpha value is -2.73. The van der Waals surface area contributed by atoms with Gasteiger partial charge in [-0.3, -0.25) is 28.0 Å². The van der Waals surface area contributed by atoms with E-state index < -0.39 is 80.9 Å². The first-order chi connectivity index (χ1) is 19.6. The SMILES string of the molecule is COC1C(O)[C@@H](COP(=O)(OC2C[C@H](n3ccc(N)nc3=O)O[C@@H]2CO)N2CCCC2)O[C@H]1n1ccc(=O)[nH]c1=O. The first-order valence-corrected chi connectivity index (χ1v) is 14.6. The molecule has 4 unspecified atom stereocenters. The first-order valence-electron chi connectivity index (χ1n) is 13.1. The van der Waals surface area contributed by atoms with Crippen LogP contribution < -0.4 is 22.7 Å². The van der Waals surface area contributed by atoms with Gasteiger partial charge in [-0.1, -0.05) is 0 Å². The molecule has 226 valence electrons. The lowest BCUT2D eigenvalue weighted by Gasteiger charge is -2.30. The Kier molecular flexibility index (Phi) is 8.89. The van der Waals surface area contributed by atoms with E-state index in [0.717, 1.165) is 23.5 Å². The van der Waals surface area contributed by atoms with Gasteiger partial charge in [0.05, 0.1) is 13.2 Å². The zero-order valence-electron chi connectivity index (χ0n) is 22.2. The molecule has 0 spiro atoms. The maximum Gasteiger partial charge on any atom is 0.408 e. The number of hydrogen-bond acceptors (Lipinski definition) is 13. The van der Waals surface area contributed by atoms with Crippen molar-refractivity contribution in [1.29, 1.82) is 0 Å². The van der Waals surface area contributed by atoms with E-state index in [1.54, 1.807) is 4.67 Å². The van der Waals surface area contributed by atoms with Crippen molar-refractivity contribution in [2.24, 2.45) is 0 Å². The number of nitrogens with two attached hydrogens (primary N) is 1. The van der Waals surface area contributed by atoms with E-state index in [9.17, 15) is 29.2 Å². The molecule has 0 aliphatic carbocycles. The van der Waals surface area contributed by atoms with Crippen LogP contribution in [-0.4, -0.2) is 97.9 Å². The topological polar surface area (TPSA) is 223 Å². The van der Waals surface area contributed by atoms with Crippen LogP contribution in [0.15, 0.2) is 38.9 Å². The Balaban J connectivity index is 1.33. The number of rotatable bonds is 10. The molecular weight excluding hydrogens is 567 g/mol. The average Bonchev–Trinajstić information content (AvgIpc) is 3.67. The summed E-state index contributed by atoms with van der Waals surface area (Å²) in [6, 6.07) is 2.56. The van der Waals surface area contributed by atoms with Crippen LogP contribution in [0.1, 0.15) is 31.7 Å². The number of nitrogens with zero attached hydrogens (tertiary/aromatic N) is 4. The number of nitrogens with one attached hydrogen (secondary N) is 1. The van der Waals surface area contributed by atoms with Crippen LogP contribution in [0.25, 0.3) is 0 Å². The van der Waals surface area contributed by atoms with Gasteiger partial charge in [-0.05, 0) is 18.9 Å². The number of ether oxygens (including phenoxy) is 3. The van der Waals surface area contributed by atoms with E-state index in [1.165, 1.54) is 30.1 Å². The molecule has 0 amide bonds. The fraction of sp³-hybridized carbons (Fsp3) is 0.652. The molecule has 18 heteroatoms. The van der Waals surface area contributed by atoms with Crippen molar-refractivity contribution in [3.05, 3.63) is 55.8 Å². The Bertz CT molecular complexity index is 1440. The second-order valence-electron chi connectivity index (χ2n) is 9.93. The van der Waals surface area contributed by atoms with Crippen molar-refractivity contribution in [1.82, 2.24) is 23.8 Å². The molecule has 17 nitrogen and oxygen atoms in total. The summed E-state index contributed by atoms with van der Waals surface area (Å²) in [6.45, 7) is -0.0351. The fourth-order valence-electron chi connectivity index (χ4n) is 5.22. The first kappa shape index (κ1) is 29.8. The molecule has 3 saturated heterocycles. The highest BCUT2D eigenvalue weighted by atomic mass is 31.2. The van der Waals surface area contributed by atoms with Crippen molar-refractivity contribution in [3.63, 3.8) is 0 Å². The van der Waals surface area contributed by atoms with Crippen molar-refractivity contribution in [2.75, 3.05) is 39.1 Å². The van der Waals surface area contributed by atoms with Gasteiger partial charge in [-0.15, -0.1) is 0 Å². The van der Waals surface area contributed by atoms with Crippen LogP contribution in [0.5, 0.6) is 0 Å². The van der Waals surface area contributed by atoms with E-state index in [4.69, 9.17) is 29.0 Å². The van der Waals surface area contributed by atoms with E-state index in [1.807, 2.05) is 0 Å². The second kappa shape index (κ2) is 12.2. The van der Waals surface area contributed by atoms with Crippen molar-refractivity contribution < 1.29 is 38.0 Å². The largest absolute Gasteiger partial charge is 0.408 e. The predicted octanol–water partition coefficient (Wildman–Crippen LogP) is -1.47. The molecule has 0 aromatic carbocycles. The molecular formula is C23H33N6O11P. The maximum absolute atomic E-state index is 14.2. The number of methoxy groups -OCH3 is 1. The number of hydrogen-bond donors (Lipinski definition) is 4. The number of aromatic nitrogens is 4. The average molecular weight is 601 g/mol. The zero-order valence-corrected chi connectivity index (χ0v) is 23.1. The van der Waals surface area contributed by atoms with E-state index in [-0.39, 0.29) is 12.2 Å². The summed E-state index contributed by atoms with van der Waals surface area (Å²) in [6.07, 6.45) is -2.98. The maximum atomic E-state index is 14.2. The third-order valence-corrected chi connectivity index (χ3v) is 9.44. The van der Waals surface area contributed by atoms with E-state index in [0.29, 0.717) is 13.1 Å². The summed E-state index contributed by atoms with van der Waals surface area (Å²) in [5.74, 6) is 0.0439. The second-order valence-corrected chi connectivity index (χ2v) is 11.9. The molecule has 3 aliphatic heterocycles. The van der Waals surface area contributed by atoms with E-state index >= 15 is 0 Å². The van der Waals surface area contributed by atoms with Crippen LogP contribution in [0.4, 0.5) is 5.82 Å². The lowest BCUT2D eigenvalue weighted by Crippen LogP contribution is -2.39. The highest BCUT2D eigenvalue weighted by molar-refractivity contribution is 7.51. The van der Waals surface area contributed by atoms with Crippen LogP contribution in [0.2, 0.25) is 0 Å². The minimum atomic E-state index is -4.05. The summed E-state index contributed by atoms with van der Waals surface area (Å²) >= 11 is 0. The molecule has 0 saturated carbocycles. The standard InChI is InChI=1S/C23H33N6O11P/c1-36-20-19(32)15(39-21(20)29-9-5-17(31)26-23(29)34)12-37-41(35,27-6-2-3-7-27)40-13-10-18(38-14(13)11-30)28-8-4-16(24)25-22(28)33/h4-5,8-9,13-15,18-21,30,32H,2-3,6-7,10-12H2,1H3,(H2,24,25,33)(H,26,31,34)/t13?,14-,15-,18-,19?,20?,21-,41?/m1/s1. The van der Waals surface area contributed by atoms with Gasteiger partial charge >= 0.3 is 19.1 Å². The Morgan fingerprint density at radius 3 is 2.54 bits per heavy atom. The number of aliphatic hydroxyl groups excluding tert-OH is 2. The predicted molar refractivity (Wildman–Crippen MR) is 140 cm³/mol. The summed E-state index contributed by atoms with van der Waals surface area (Å²) in [5, 5.41) is 20.9. The molecule has 0 radical (unpaired) electrons. The summed E-state index contributed by atoms with van der Waals surface area (Å²) < 4.78 is 47.0. The van der Waals surface area contributed by atoms with Crippen molar-refractivity contribution >= 4 is 13.6 Å². The summed E-state index contributed by atoms with van der Waals surface area (Å²) in [7, 11) is -2.72. The molecule has 5 rings (SSSR count). The minimum Gasteiger partial charge on any atom is -0.394 e. The lowest BCUT2D eigenvalue weighted by molar-refractivity contribution is -0.0648. The molecule has 3 fully saturated rings. The highest BCUT2D eigenvalue weighted by Crippen LogP contribution is 2.56. The van der Waals surface area contributed by atoms with E-state index in [2.05, 4.69) is 9.97 Å². The highest BCUT2D eigenvalue weighted by Gasteiger charge is 2.49. The van der Waals surface area contributed by atoms with Gasteiger partial charge in [0.15, 0.2) is 6.23 Å². The van der Waals surface area contributed by atoms with Gasteiger partial charge in [0.1, 0.15) is 42.6 Å². The molecule has 41 heavy (non-hydrogen) atoms. The molecule has 5 heterocycles. The van der Waals surface area contributed by atoms with Gasteiger partial charge < -0.3 is 30.2 Å². The van der Waals surface area contributed by atoms with Gasteiger partial charge in [-0.25, -0.2) is 18.8 Å². The number of aromatic amines is 1. The Labute approximate surface area is 233 Å². The van der Waals surface area contributed by atoms with Crippen LogP contribution in [-0.2, 0) is 27.8 Å². The molecule has 2 aromatic heterocycles. The molecule has 5 N–H and O–H groups in total. The van der Waals surface area contributed by atoms with Gasteiger partial charge in [0.25, 0.3) is 5.56 Å². The van der Waals surface area contributed by atoms with Gasteiger partial charge in [0, 0.05) is 45.1 Å². The molecule has 2 aromatic rings. The Morgan fingerprint density at radius 1 is 1.15 bits per heavy atom. The monoisotopic (exact) mass is 600 g/mol. The number of aliphatic hydroxyl groups is 2. The number of anilines is 1. The number of H-pyrrole nitrogens is 1. The van der Waals surface area contributed by atoms with Crippen LogP contribution >= 0.6 is 7.75 Å². The minimum absolute atomic E-state index is 0.0439. The quantitative estimate of drug-likeness (QED) is 0.229. The van der Waals surface area contributed by atoms with Crippen LogP contribution in [0.3, 0.4) is 0 Å². The van der Waals surface area contributed by atoms with Crippen molar-refractivity contribution in [2.45, 2.75) is 62.2 Å². The number of nitrogen functional groups attached to an aromatic ring is 1. The molecule has 0 bridgehead atoms. The van der Waals surface area contributed by atoms with Gasteiger partial charge in [-0.2, -0.15) is 4.98 Å². The van der Waals surface area contributed by atoms with Crippen molar-refractivity contribution in [3.8, 4) is 0 Å². The fourth-order valence-corrected chi connectivity index (χ4v) is 7.25. The third kappa shape index (κ3) is 6.09. The Morgan fingerprint density at radius 2 is 1.88 bits per heavy atom. The summed E-state index contributed by atoms with van der Waals surface area (Å²) in [5.41, 5.74) is 3.56. The third-order valence-electron chi connectivity index (χ3n) is 7.33. The smallest absolute Gasteiger partial charge is 0.394 e. The molecule has 3 aliphatic rings. The molecule has 8 atom stereocenters. The van der Waals surface area contributed by atoms with Crippen LogP contribution in [0, 0.1) is 0 Å². The summed E-state index contributed by atoms with van der Waals surface area (Å²) in [4.78, 5) is 42.0.